The van der Waals surface area contributed by atoms with E-state index in [2.05, 4.69) is 50.8 Å². The van der Waals surface area contributed by atoms with E-state index >= 15 is 0 Å². The highest BCUT2D eigenvalue weighted by Gasteiger charge is 2.39. The highest BCUT2D eigenvalue weighted by Crippen LogP contribution is 2.41. The summed E-state index contributed by atoms with van der Waals surface area (Å²) in [4.78, 5) is 16.0. The van der Waals surface area contributed by atoms with E-state index in [-0.39, 0.29) is 5.91 Å². The van der Waals surface area contributed by atoms with Crippen molar-refractivity contribution < 1.29 is 9.53 Å². The Bertz CT molecular complexity index is 1490. The van der Waals surface area contributed by atoms with E-state index in [0.717, 1.165) is 29.8 Å². The summed E-state index contributed by atoms with van der Waals surface area (Å²) in [5.74, 6) is 0.736. The van der Waals surface area contributed by atoms with Crippen molar-refractivity contribution in [2.24, 2.45) is 0 Å². The molecule has 0 atom stereocenters. The summed E-state index contributed by atoms with van der Waals surface area (Å²) in [5.41, 5.74) is 3.66. The molecule has 1 saturated heterocycles. The Morgan fingerprint density at radius 3 is 2.49 bits per heavy atom. The van der Waals surface area contributed by atoms with Crippen LogP contribution in [0.15, 0.2) is 66.7 Å². The number of rotatable bonds is 7. The molecule has 0 spiro atoms. The molecule has 4 aromatic rings. The number of carbonyl (C=O) groups excluding carboxylic acids is 1. The molecule has 1 aliphatic rings. The van der Waals surface area contributed by atoms with Gasteiger partial charge in [0.15, 0.2) is 5.82 Å². The van der Waals surface area contributed by atoms with Crippen molar-refractivity contribution in [3.8, 4) is 34.3 Å². The molecule has 0 unspecified atom stereocenters. The van der Waals surface area contributed by atoms with E-state index in [9.17, 15) is 10.1 Å². The van der Waals surface area contributed by atoms with Gasteiger partial charge in [0.2, 0.25) is 0 Å². The van der Waals surface area contributed by atoms with Gasteiger partial charge in [0.05, 0.1) is 24.2 Å². The molecule has 3 aromatic carbocycles. The van der Waals surface area contributed by atoms with Crippen LogP contribution in [0.5, 0.6) is 5.75 Å². The summed E-state index contributed by atoms with van der Waals surface area (Å²) in [5, 5.41) is 27.6. The van der Waals surface area contributed by atoms with Crippen molar-refractivity contribution >= 4 is 11.6 Å². The van der Waals surface area contributed by atoms with Crippen LogP contribution in [0.1, 0.15) is 42.6 Å². The zero-order valence-corrected chi connectivity index (χ0v) is 22.3. The summed E-state index contributed by atoms with van der Waals surface area (Å²) in [7, 11) is 1.61. The first-order chi connectivity index (χ1) is 18.9. The fourth-order valence-corrected chi connectivity index (χ4v) is 5.24. The number of carbonyl (C=O) groups is 1. The lowest BCUT2D eigenvalue weighted by atomic mass is 9.73. The van der Waals surface area contributed by atoms with Crippen LogP contribution in [-0.2, 0) is 5.41 Å². The third kappa shape index (κ3) is 5.24. The predicted molar refractivity (Wildman–Crippen MR) is 149 cm³/mol. The Kier molecular flexibility index (Phi) is 7.39. The number of hydrogen-bond acceptors (Lipinski definition) is 7. The number of ether oxygens (including phenoxy) is 1. The lowest BCUT2D eigenvalue weighted by Gasteiger charge is -2.40. The van der Waals surface area contributed by atoms with Gasteiger partial charge in [-0.1, -0.05) is 36.4 Å². The first kappa shape index (κ1) is 26.1. The van der Waals surface area contributed by atoms with Gasteiger partial charge >= 0.3 is 0 Å². The number of likely N-dealkylation sites (tertiary alicyclic amines) is 1. The highest BCUT2D eigenvalue weighted by atomic mass is 16.5. The minimum Gasteiger partial charge on any atom is -0.496 e. The Morgan fingerprint density at radius 2 is 1.85 bits per heavy atom. The second-order valence-electron chi connectivity index (χ2n) is 10.1. The van der Waals surface area contributed by atoms with E-state index in [1.807, 2.05) is 54.6 Å². The number of aromatic amines is 1. The van der Waals surface area contributed by atoms with Crippen LogP contribution >= 0.6 is 0 Å². The van der Waals surface area contributed by atoms with Crippen LogP contribution < -0.4 is 10.1 Å². The number of nitriles is 1. The topological polar surface area (TPSA) is 120 Å². The average molecular weight is 522 g/mol. The largest absolute Gasteiger partial charge is 0.496 e. The number of tetrazole rings is 1. The highest BCUT2D eigenvalue weighted by molar-refractivity contribution is 6.08. The third-order valence-corrected chi connectivity index (χ3v) is 7.54. The number of amides is 1. The predicted octanol–water partition coefficient (Wildman–Crippen LogP) is 5.06. The van der Waals surface area contributed by atoms with Crippen molar-refractivity contribution in [2.45, 2.75) is 38.1 Å². The Balaban J connectivity index is 1.47. The molecule has 1 aromatic heterocycles. The standard InChI is InChI=1S/C30H31N7O2/c1-20(2)37-15-13-30(19-31,14-16-37)26-18-23(10-12-27(26)39-3)32-29(38)24-11-9-22(21-7-5-4-6-8-21)17-25(24)28-33-35-36-34-28/h4-12,17-18,20H,13-16H2,1-3H3,(H,32,38)(H,33,34,35,36). The molecule has 0 radical (unpaired) electrons. The number of nitrogens with one attached hydrogen (secondary N) is 2. The minimum absolute atomic E-state index is 0.308. The van der Waals surface area contributed by atoms with E-state index in [4.69, 9.17) is 4.74 Å². The number of aromatic nitrogens is 4. The van der Waals surface area contributed by atoms with E-state index in [1.54, 1.807) is 19.2 Å². The number of H-pyrrole nitrogens is 1. The molecule has 0 saturated carbocycles. The molecule has 0 aliphatic carbocycles. The number of benzene rings is 3. The first-order valence-electron chi connectivity index (χ1n) is 13.0. The summed E-state index contributed by atoms with van der Waals surface area (Å²) >= 11 is 0. The van der Waals surface area contributed by atoms with Crippen LogP contribution in [0.25, 0.3) is 22.5 Å². The van der Waals surface area contributed by atoms with Gasteiger partial charge in [-0.25, -0.2) is 5.10 Å². The van der Waals surface area contributed by atoms with Crippen molar-refractivity contribution in [3.05, 3.63) is 77.9 Å². The molecule has 0 bridgehead atoms. The van der Waals surface area contributed by atoms with E-state index in [0.29, 0.717) is 47.3 Å². The lowest BCUT2D eigenvalue weighted by Crippen LogP contribution is -2.44. The first-order valence-corrected chi connectivity index (χ1v) is 13.0. The maximum Gasteiger partial charge on any atom is 0.256 e. The normalized spacial score (nSPS) is 15.1. The minimum atomic E-state index is -0.689. The number of piperidine rings is 1. The zero-order chi connectivity index (χ0) is 27.4. The second kappa shape index (κ2) is 11.1. The molecule has 1 fully saturated rings. The van der Waals surface area contributed by atoms with Gasteiger partial charge < -0.3 is 15.0 Å². The van der Waals surface area contributed by atoms with Gasteiger partial charge in [0.1, 0.15) is 5.75 Å². The van der Waals surface area contributed by atoms with Crippen LogP contribution in [0, 0.1) is 11.3 Å². The monoisotopic (exact) mass is 521 g/mol. The molecule has 1 aliphatic heterocycles. The van der Waals surface area contributed by atoms with Crippen LogP contribution in [0.3, 0.4) is 0 Å². The van der Waals surface area contributed by atoms with Crippen molar-refractivity contribution in [3.63, 3.8) is 0 Å². The van der Waals surface area contributed by atoms with Crippen LogP contribution in [-0.4, -0.2) is 57.7 Å². The van der Waals surface area contributed by atoms with E-state index in [1.165, 1.54) is 0 Å². The van der Waals surface area contributed by atoms with Gasteiger partial charge in [-0.2, -0.15) is 5.26 Å². The maximum absolute atomic E-state index is 13.6. The maximum atomic E-state index is 13.6. The molecule has 5 rings (SSSR count). The van der Waals surface area contributed by atoms with Crippen molar-refractivity contribution in [2.75, 3.05) is 25.5 Å². The molecule has 1 amide bonds. The lowest BCUT2D eigenvalue weighted by molar-refractivity contribution is 0.102. The molecule has 9 nitrogen and oxygen atoms in total. The summed E-state index contributed by atoms with van der Waals surface area (Å²) < 4.78 is 5.66. The quantitative estimate of drug-likeness (QED) is 0.349. The molecule has 39 heavy (non-hydrogen) atoms. The summed E-state index contributed by atoms with van der Waals surface area (Å²) in [6.45, 7) is 6.00. The van der Waals surface area contributed by atoms with Gasteiger partial charge in [0, 0.05) is 35.9 Å². The fraction of sp³-hybridized carbons (Fsp3) is 0.300. The summed E-state index contributed by atoms with van der Waals surface area (Å²) in [6, 6.07) is 24.0. The number of methoxy groups -OCH3 is 1. The Hall–Kier alpha value is -4.55. The molecule has 9 heteroatoms. The summed E-state index contributed by atoms with van der Waals surface area (Å²) in [6.07, 6.45) is 1.39. The Morgan fingerprint density at radius 1 is 1.08 bits per heavy atom. The number of nitrogens with zero attached hydrogens (tertiary/aromatic N) is 5. The fourth-order valence-electron chi connectivity index (χ4n) is 5.24. The van der Waals surface area contributed by atoms with Gasteiger partial charge in [-0.15, -0.1) is 5.10 Å². The molecular formula is C30H31N7O2. The van der Waals surface area contributed by atoms with Crippen molar-refractivity contribution in [1.82, 2.24) is 25.5 Å². The Labute approximate surface area is 227 Å². The number of anilines is 1. The molecular weight excluding hydrogens is 490 g/mol. The molecule has 198 valence electrons. The van der Waals surface area contributed by atoms with Gasteiger partial charge in [-0.05, 0) is 78.6 Å². The van der Waals surface area contributed by atoms with Gasteiger partial charge in [-0.3, -0.25) is 4.79 Å². The van der Waals surface area contributed by atoms with E-state index < -0.39 is 5.41 Å². The number of hydrogen-bond donors (Lipinski definition) is 2. The molecule has 2 heterocycles. The smallest absolute Gasteiger partial charge is 0.256 e. The van der Waals surface area contributed by atoms with Crippen molar-refractivity contribution in [1.29, 1.82) is 5.26 Å². The van der Waals surface area contributed by atoms with Gasteiger partial charge in [0.25, 0.3) is 5.91 Å². The SMILES string of the molecule is COc1ccc(NC(=O)c2ccc(-c3ccccc3)cc2-c2nnn[nH]2)cc1C1(C#N)CCN(C(C)C)CC1. The average Bonchev–Trinajstić information content (AvgIpc) is 3.52. The van der Waals surface area contributed by atoms with Crippen LogP contribution in [0.2, 0.25) is 0 Å². The van der Waals surface area contributed by atoms with Crippen LogP contribution in [0.4, 0.5) is 5.69 Å². The second-order valence-corrected chi connectivity index (χ2v) is 10.1. The molecule has 2 N–H and O–H groups in total. The third-order valence-electron chi connectivity index (χ3n) is 7.54. The zero-order valence-electron chi connectivity index (χ0n) is 22.3.